The molecular formula is C18H33BNO3+. The average Bonchev–Trinajstić information content (AvgIpc) is 2.55. The van der Waals surface area contributed by atoms with E-state index in [4.69, 9.17) is 14.0 Å². The van der Waals surface area contributed by atoms with Gasteiger partial charge in [-0.25, -0.2) is 4.57 Å². The number of aryl methyl sites for hydroxylation is 1. The van der Waals surface area contributed by atoms with Crippen molar-refractivity contribution in [1.29, 1.82) is 0 Å². The Morgan fingerprint density at radius 1 is 1.00 bits per heavy atom. The summed E-state index contributed by atoms with van der Waals surface area (Å²) in [6, 6.07) is 6.18. The molecule has 1 rings (SSSR count). The summed E-state index contributed by atoms with van der Waals surface area (Å²) in [5, 5.41) is 0. The molecule has 5 heteroatoms. The van der Waals surface area contributed by atoms with Crippen LogP contribution in [0.5, 0.6) is 0 Å². The van der Waals surface area contributed by atoms with E-state index in [9.17, 15) is 0 Å². The molecule has 0 spiro atoms. The van der Waals surface area contributed by atoms with Crippen molar-refractivity contribution in [2.45, 2.75) is 65.4 Å². The zero-order valence-electron chi connectivity index (χ0n) is 15.3. The van der Waals surface area contributed by atoms with Gasteiger partial charge in [0, 0.05) is 25.3 Å². The molecule has 1 unspecified atom stereocenters. The number of unbranched alkanes of at least 4 members (excludes halogenated alkanes) is 2. The van der Waals surface area contributed by atoms with Crippen LogP contribution >= 0.6 is 0 Å². The minimum atomic E-state index is -0.579. The van der Waals surface area contributed by atoms with E-state index in [2.05, 4.69) is 31.4 Å². The molecule has 0 N–H and O–H groups in total. The van der Waals surface area contributed by atoms with Gasteiger partial charge in [0.15, 0.2) is 6.20 Å². The summed E-state index contributed by atoms with van der Waals surface area (Å²) in [5.41, 5.74) is 1.15. The van der Waals surface area contributed by atoms with Crippen LogP contribution in [0.3, 0.4) is 0 Å². The van der Waals surface area contributed by atoms with Crippen molar-refractivity contribution in [3.63, 3.8) is 0 Å². The molecule has 0 aliphatic carbocycles. The van der Waals surface area contributed by atoms with Gasteiger partial charge in [0.2, 0.25) is 5.69 Å². The third-order valence-electron chi connectivity index (χ3n) is 3.75. The monoisotopic (exact) mass is 322 g/mol. The van der Waals surface area contributed by atoms with Gasteiger partial charge in [-0.2, -0.15) is 0 Å². The standard InChI is InChI=1S/C18H33BNO3/c1-5-8-15-21-19(22-16-9-6-2)23-18(12-7-3)17-13-10-11-14-20(17)4/h10-11,13-14,18H,5-9,12,15-16H2,1-4H3/q+1. The van der Waals surface area contributed by atoms with E-state index in [1.54, 1.807) is 0 Å². The van der Waals surface area contributed by atoms with E-state index in [1.165, 1.54) is 0 Å². The molecule has 23 heavy (non-hydrogen) atoms. The molecule has 0 aromatic carbocycles. The molecule has 0 fully saturated rings. The van der Waals surface area contributed by atoms with Crippen LogP contribution in [0.15, 0.2) is 24.4 Å². The van der Waals surface area contributed by atoms with Gasteiger partial charge in [-0.1, -0.05) is 46.1 Å². The van der Waals surface area contributed by atoms with Crippen LogP contribution in [0, 0.1) is 0 Å². The molecule has 1 aromatic rings. The van der Waals surface area contributed by atoms with Gasteiger partial charge in [0.05, 0.1) is 0 Å². The third-order valence-corrected chi connectivity index (χ3v) is 3.75. The number of hydrogen-bond donors (Lipinski definition) is 0. The Kier molecular flexibility index (Phi) is 11.0. The number of hydrogen-bond acceptors (Lipinski definition) is 3. The molecule has 1 heterocycles. The molecule has 0 saturated carbocycles. The van der Waals surface area contributed by atoms with Crippen LogP contribution in [0.2, 0.25) is 0 Å². The van der Waals surface area contributed by atoms with E-state index in [-0.39, 0.29) is 6.10 Å². The topological polar surface area (TPSA) is 31.6 Å². The van der Waals surface area contributed by atoms with Crippen LogP contribution in [0.4, 0.5) is 0 Å². The molecule has 0 aliphatic heterocycles. The Balaban J connectivity index is 2.71. The highest BCUT2D eigenvalue weighted by Gasteiger charge is 2.30. The first-order valence-electron chi connectivity index (χ1n) is 9.06. The summed E-state index contributed by atoms with van der Waals surface area (Å²) >= 11 is 0. The summed E-state index contributed by atoms with van der Waals surface area (Å²) in [5.74, 6) is 0. The molecule has 1 atom stereocenters. The Bertz CT molecular complexity index is 407. The largest absolute Gasteiger partial charge is 0.640 e. The lowest BCUT2D eigenvalue weighted by Gasteiger charge is -2.20. The minimum absolute atomic E-state index is 0.0144. The second-order valence-electron chi connectivity index (χ2n) is 5.89. The molecule has 0 amide bonds. The van der Waals surface area contributed by atoms with Crippen molar-refractivity contribution in [2.24, 2.45) is 7.05 Å². The first-order valence-corrected chi connectivity index (χ1v) is 9.06. The highest BCUT2D eigenvalue weighted by Crippen LogP contribution is 2.21. The molecule has 0 saturated heterocycles. The lowest BCUT2D eigenvalue weighted by molar-refractivity contribution is -0.682. The fourth-order valence-corrected chi connectivity index (χ4v) is 2.33. The average molecular weight is 322 g/mol. The van der Waals surface area contributed by atoms with E-state index in [1.807, 2.05) is 25.4 Å². The Morgan fingerprint density at radius 2 is 1.65 bits per heavy atom. The Labute approximate surface area is 142 Å². The normalized spacial score (nSPS) is 12.3. The Hall–Kier alpha value is -0.905. The maximum atomic E-state index is 6.19. The fraction of sp³-hybridized carbons (Fsp3) is 0.722. The molecule has 130 valence electrons. The van der Waals surface area contributed by atoms with Crippen molar-refractivity contribution in [1.82, 2.24) is 0 Å². The molecule has 4 nitrogen and oxygen atoms in total. The van der Waals surface area contributed by atoms with Crippen molar-refractivity contribution < 1.29 is 18.5 Å². The fourth-order valence-electron chi connectivity index (χ4n) is 2.33. The maximum Gasteiger partial charge on any atom is 0.640 e. The predicted molar refractivity (Wildman–Crippen MR) is 93.8 cm³/mol. The second kappa shape index (κ2) is 12.5. The second-order valence-corrected chi connectivity index (χ2v) is 5.89. The Morgan fingerprint density at radius 3 is 2.17 bits per heavy atom. The predicted octanol–water partition coefficient (Wildman–Crippen LogP) is 3.99. The van der Waals surface area contributed by atoms with E-state index in [0.29, 0.717) is 13.2 Å². The van der Waals surface area contributed by atoms with E-state index in [0.717, 1.165) is 44.2 Å². The van der Waals surface area contributed by atoms with Crippen LogP contribution in [-0.4, -0.2) is 20.5 Å². The number of nitrogens with zero attached hydrogens (tertiary/aromatic N) is 1. The lowest BCUT2D eigenvalue weighted by atomic mass is 10.1. The van der Waals surface area contributed by atoms with E-state index < -0.39 is 7.32 Å². The van der Waals surface area contributed by atoms with E-state index >= 15 is 0 Å². The van der Waals surface area contributed by atoms with Crippen molar-refractivity contribution in [3.05, 3.63) is 30.1 Å². The molecule has 1 aromatic heterocycles. The number of aromatic nitrogens is 1. The first-order chi connectivity index (χ1) is 11.2. The van der Waals surface area contributed by atoms with Crippen LogP contribution in [0.1, 0.15) is 71.1 Å². The van der Waals surface area contributed by atoms with Crippen LogP contribution < -0.4 is 4.57 Å². The molecule has 0 aliphatic rings. The van der Waals surface area contributed by atoms with Crippen LogP contribution in [0.25, 0.3) is 0 Å². The summed E-state index contributed by atoms with van der Waals surface area (Å²) in [4.78, 5) is 0. The van der Waals surface area contributed by atoms with Gasteiger partial charge in [0.25, 0.3) is 0 Å². The van der Waals surface area contributed by atoms with Gasteiger partial charge < -0.3 is 14.0 Å². The lowest BCUT2D eigenvalue weighted by Crippen LogP contribution is -2.38. The first kappa shape index (κ1) is 20.1. The summed E-state index contributed by atoms with van der Waals surface area (Å²) in [7, 11) is 1.47. The van der Waals surface area contributed by atoms with Gasteiger partial charge in [0.1, 0.15) is 13.2 Å². The zero-order chi connectivity index (χ0) is 16.9. The van der Waals surface area contributed by atoms with Gasteiger partial charge in [-0.15, -0.1) is 0 Å². The van der Waals surface area contributed by atoms with Gasteiger partial charge in [-0.05, 0) is 19.3 Å². The molecule has 0 bridgehead atoms. The minimum Gasteiger partial charge on any atom is -0.386 e. The van der Waals surface area contributed by atoms with Crippen molar-refractivity contribution in [2.75, 3.05) is 13.2 Å². The SMILES string of the molecule is CCCCOB(OCCCC)OC(CCC)c1cccc[n+]1C. The van der Waals surface area contributed by atoms with Crippen molar-refractivity contribution in [3.8, 4) is 0 Å². The highest BCUT2D eigenvalue weighted by atomic mass is 16.7. The summed E-state index contributed by atoms with van der Waals surface area (Å²) in [6.45, 7) is 7.83. The summed E-state index contributed by atoms with van der Waals surface area (Å²) in [6.07, 6.45) is 8.29. The van der Waals surface area contributed by atoms with Gasteiger partial charge in [-0.3, -0.25) is 0 Å². The number of rotatable bonds is 13. The zero-order valence-corrected chi connectivity index (χ0v) is 15.3. The maximum absolute atomic E-state index is 6.19. The molecular weight excluding hydrogens is 289 g/mol. The quantitative estimate of drug-likeness (QED) is 0.313. The van der Waals surface area contributed by atoms with Gasteiger partial charge >= 0.3 is 7.32 Å². The third kappa shape index (κ3) is 7.95. The smallest absolute Gasteiger partial charge is 0.386 e. The number of pyridine rings is 1. The highest BCUT2D eigenvalue weighted by molar-refractivity contribution is 6.36. The van der Waals surface area contributed by atoms with Crippen molar-refractivity contribution >= 4 is 7.32 Å². The summed E-state index contributed by atoms with van der Waals surface area (Å²) < 4.78 is 19.9. The molecule has 0 radical (unpaired) electrons. The van der Waals surface area contributed by atoms with Crippen LogP contribution in [-0.2, 0) is 21.0 Å².